The Kier molecular flexibility index (Phi) is 6.24. The highest BCUT2D eigenvalue weighted by atomic mass is 19.1. The van der Waals surface area contributed by atoms with Crippen molar-refractivity contribution in [3.05, 3.63) is 65.0 Å². The zero-order chi connectivity index (χ0) is 23.8. The van der Waals surface area contributed by atoms with Crippen LogP contribution in [-0.2, 0) is 4.79 Å². The van der Waals surface area contributed by atoms with Gasteiger partial charge in [-0.05, 0) is 75.6 Å². The summed E-state index contributed by atoms with van der Waals surface area (Å²) >= 11 is 0. The van der Waals surface area contributed by atoms with E-state index in [0.29, 0.717) is 5.92 Å². The molecule has 1 saturated heterocycles. The number of fused-ring (bicyclic) bond motifs is 1. The van der Waals surface area contributed by atoms with Gasteiger partial charge in [-0.3, -0.25) is 4.79 Å². The second-order valence-corrected chi connectivity index (χ2v) is 10.1. The Morgan fingerprint density at radius 2 is 1.82 bits per heavy atom. The Morgan fingerprint density at radius 1 is 1.06 bits per heavy atom. The predicted molar refractivity (Wildman–Crippen MR) is 134 cm³/mol. The van der Waals surface area contributed by atoms with Gasteiger partial charge in [0.1, 0.15) is 17.8 Å². The predicted octanol–water partition coefficient (Wildman–Crippen LogP) is 5.87. The zero-order valence-electron chi connectivity index (χ0n) is 20.2. The summed E-state index contributed by atoms with van der Waals surface area (Å²) in [6.07, 6.45) is 2.86. The van der Waals surface area contributed by atoms with Crippen LogP contribution in [0.3, 0.4) is 0 Å². The molecule has 1 aliphatic heterocycles. The molecule has 0 radical (unpaired) electrons. The summed E-state index contributed by atoms with van der Waals surface area (Å²) in [7, 11) is 0. The summed E-state index contributed by atoms with van der Waals surface area (Å²) < 4.78 is 13.1. The lowest BCUT2D eigenvalue weighted by Crippen LogP contribution is -2.53. The fraction of sp³-hybridized carbons (Fsp3) is 0.464. The fourth-order valence-electron chi connectivity index (χ4n) is 5.39. The molecule has 2 aromatic carbocycles. The third-order valence-electron chi connectivity index (χ3n) is 7.42. The Balaban J connectivity index is 1.33. The van der Waals surface area contributed by atoms with Gasteiger partial charge in [-0.1, -0.05) is 35.9 Å². The zero-order valence-corrected chi connectivity index (χ0v) is 20.2. The number of rotatable bonds is 5. The second kappa shape index (κ2) is 9.32. The SMILES string of the molecule is Cc1cccc([C@H](C)Nc2nc(C)nc3ccc(C4CCC(C(=O)N5CC(F)C5)CC4)cc23)c1. The van der Waals surface area contributed by atoms with Gasteiger partial charge in [0.25, 0.3) is 0 Å². The first kappa shape index (κ1) is 22.8. The van der Waals surface area contributed by atoms with Crippen LogP contribution in [0.5, 0.6) is 0 Å². The highest BCUT2D eigenvalue weighted by Crippen LogP contribution is 2.38. The monoisotopic (exact) mass is 460 g/mol. The maximum Gasteiger partial charge on any atom is 0.225 e. The van der Waals surface area contributed by atoms with Crippen LogP contribution in [-0.4, -0.2) is 40.0 Å². The van der Waals surface area contributed by atoms with E-state index in [9.17, 15) is 9.18 Å². The lowest BCUT2D eigenvalue weighted by molar-refractivity contribution is -0.143. The molecule has 2 heterocycles. The van der Waals surface area contributed by atoms with Gasteiger partial charge in [-0.15, -0.1) is 0 Å². The number of aryl methyl sites for hydroxylation is 2. The maximum absolute atomic E-state index is 13.1. The van der Waals surface area contributed by atoms with Crippen molar-refractivity contribution in [1.82, 2.24) is 14.9 Å². The molecule has 178 valence electrons. The van der Waals surface area contributed by atoms with E-state index in [-0.39, 0.29) is 31.0 Å². The van der Waals surface area contributed by atoms with Crippen molar-refractivity contribution in [2.75, 3.05) is 18.4 Å². The van der Waals surface area contributed by atoms with Gasteiger partial charge in [0, 0.05) is 17.3 Å². The van der Waals surface area contributed by atoms with Crippen molar-refractivity contribution in [1.29, 1.82) is 0 Å². The molecule has 1 aromatic heterocycles. The van der Waals surface area contributed by atoms with Gasteiger partial charge in [0.15, 0.2) is 0 Å². The number of carbonyl (C=O) groups excluding carboxylic acids is 1. The molecule has 1 atom stereocenters. The van der Waals surface area contributed by atoms with Gasteiger partial charge in [0.05, 0.1) is 18.6 Å². The van der Waals surface area contributed by atoms with Crippen molar-refractivity contribution < 1.29 is 9.18 Å². The van der Waals surface area contributed by atoms with E-state index in [1.54, 1.807) is 4.90 Å². The molecule has 1 N–H and O–H groups in total. The van der Waals surface area contributed by atoms with Crippen molar-refractivity contribution in [3.8, 4) is 0 Å². The number of hydrogen-bond acceptors (Lipinski definition) is 4. The van der Waals surface area contributed by atoms with E-state index in [4.69, 9.17) is 4.98 Å². The van der Waals surface area contributed by atoms with Gasteiger partial charge >= 0.3 is 0 Å². The molecular formula is C28H33FN4O. The minimum Gasteiger partial charge on any atom is -0.363 e. The van der Waals surface area contributed by atoms with E-state index in [0.717, 1.165) is 48.2 Å². The number of nitrogens with one attached hydrogen (secondary N) is 1. The Bertz CT molecular complexity index is 1200. The standard InChI is InChI=1S/C28H33FN4O/c1-17-5-4-6-22(13-17)18(2)30-27-25-14-23(11-12-26(25)31-19(3)32-27)20-7-9-21(10-8-20)28(34)33-15-24(29)16-33/h4-6,11-14,18,20-21,24H,7-10,15-16H2,1-3H3,(H,30,31,32)/t18-,20?,21?/m0/s1. The molecule has 2 fully saturated rings. The maximum atomic E-state index is 13.1. The second-order valence-electron chi connectivity index (χ2n) is 10.1. The molecule has 0 spiro atoms. The van der Waals surface area contributed by atoms with Crippen LogP contribution < -0.4 is 5.32 Å². The Morgan fingerprint density at radius 3 is 2.53 bits per heavy atom. The Hall–Kier alpha value is -3.02. The number of halogens is 1. The normalized spacial score (nSPS) is 21.8. The van der Waals surface area contributed by atoms with Crippen LogP contribution >= 0.6 is 0 Å². The van der Waals surface area contributed by atoms with E-state index in [2.05, 4.69) is 66.6 Å². The molecule has 1 aliphatic carbocycles. The van der Waals surface area contributed by atoms with Gasteiger partial charge < -0.3 is 10.2 Å². The molecule has 6 heteroatoms. The number of hydrogen-bond donors (Lipinski definition) is 1. The molecule has 2 aliphatic rings. The van der Waals surface area contributed by atoms with Crippen molar-refractivity contribution >= 4 is 22.6 Å². The summed E-state index contributed by atoms with van der Waals surface area (Å²) in [5.41, 5.74) is 4.69. The first-order valence-corrected chi connectivity index (χ1v) is 12.4. The molecule has 5 rings (SSSR count). The van der Waals surface area contributed by atoms with Crippen molar-refractivity contribution in [2.45, 2.75) is 64.6 Å². The largest absolute Gasteiger partial charge is 0.363 e. The van der Waals surface area contributed by atoms with Crippen LogP contribution in [0.4, 0.5) is 10.2 Å². The lowest BCUT2D eigenvalue weighted by Gasteiger charge is -2.38. The van der Waals surface area contributed by atoms with Gasteiger partial charge in [-0.2, -0.15) is 0 Å². The summed E-state index contributed by atoms with van der Waals surface area (Å²) in [4.78, 5) is 23.7. The summed E-state index contributed by atoms with van der Waals surface area (Å²) in [5.74, 6) is 2.22. The molecule has 0 bridgehead atoms. The van der Waals surface area contributed by atoms with Crippen LogP contribution in [0.2, 0.25) is 0 Å². The first-order valence-electron chi connectivity index (χ1n) is 12.4. The van der Waals surface area contributed by atoms with E-state index in [1.807, 2.05) is 6.92 Å². The molecule has 3 aromatic rings. The highest BCUT2D eigenvalue weighted by Gasteiger charge is 2.36. The highest BCUT2D eigenvalue weighted by molar-refractivity contribution is 5.90. The van der Waals surface area contributed by atoms with Gasteiger partial charge in [0.2, 0.25) is 5.91 Å². The minimum absolute atomic E-state index is 0.0441. The average molecular weight is 461 g/mol. The molecule has 0 unspecified atom stereocenters. The number of nitrogens with zero attached hydrogens (tertiary/aromatic N) is 3. The van der Waals surface area contributed by atoms with E-state index < -0.39 is 6.17 Å². The molecular weight excluding hydrogens is 427 g/mol. The number of alkyl halides is 1. The van der Waals surface area contributed by atoms with Crippen molar-refractivity contribution in [3.63, 3.8) is 0 Å². The Labute approximate surface area is 200 Å². The van der Waals surface area contributed by atoms with Crippen molar-refractivity contribution in [2.24, 2.45) is 5.92 Å². The topological polar surface area (TPSA) is 58.1 Å². The quantitative estimate of drug-likeness (QED) is 0.517. The minimum atomic E-state index is -0.833. The number of amides is 1. The first-order chi connectivity index (χ1) is 16.4. The van der Waals surface area contributed by atoms with Crippen LogP contribution in [0, 0.1) is 19.8 Å². The number of benzene rings is 2. The smallest absolute Gasteiger partial charge is 0.225 e. The molecule has 1 saturated carbocycles. The summed E-state index contributed by atoms with van der Waals surface area (Å²) in [5, 5.41) is 4.66. The van der Waals surface area contributed by atoms with Crippen LogP contribution in [0.1, 0.15) is 67.1 Å². The van der Waals surface area contributed by atoms with E-state index >= 15 is 0 Å². The average Bonchev–Trinajstić information content (AvgIpc) is 2.81. The molecule has 1 amide bonds. The number of anilines is 1. The summed E-state index contributed by atoms with van der Waals surface area (Å²) in [6.45, 7) is 6.75. The molecule has 5 nitrogen and oxygen atoms in total. The summed E-state index contributed by atoms with van der Waals surface area (Å²) in [6, 6.07) is 15.2. The van der Waals surface area contributed by atoms with Crippen LogP contribution in [0.25, 0.3) is 10.9 Å². The van der Waals surface area contributed by atoms with E-state index in [1.165, 1.54) is 16.7 Å². The fourth-order valence-corrected chi connectivity index (χ4v) is 5.39. The third kappa shape index (κ3) is 4.63. The number of carbonyl (C=O) groups is 1. The number of likely N-dealkylation sites (tertiary alicyclic amines) is 1. The van der Waals surface area contributed by atoms with Crippen LogP contribution in [0.15, 0.2) is 42.5 Å². The lowest BCUT2D eigenvalue weighted by atomic mass is 9.77. The van der Waals surface area contributed by atoms with Gasteiger partial charge in [-0.25, -0.2) is 14.4 Å². The third-order valence-corrected chi connectivity index (χ3v) is 7.42. The number of aromatic nitrogens is 2. The molecule has 34 heavy (non-hydrogen) atoms.